The van der Waals surface area contributed by atoms with Crippen LogP contribution >= 0.6 is 0 Å². The fraction of sp³-hybridized carbons (Fsp3) is 0.400. The molecule has 0 saturated carbocycles. The van der Waals surface area contributed by atoms with E-state index < -0.39 is 0 Å². The Kier molecular flexibility index (Phi) is 3.85. The van der Waals surface area contributed by atoms with Gasteiger partial charge in [-0.3, -0.25) is 14.7 Å². The van der Waals surface area contributed by atoms with Crippen LogP contribution < -0.4 is 4.90 Å². The molecule has 4 heteroatoms. The number of amides is 1. The number of nitrogens with zero attached hydrogens (tertiary/aromatic N) is 3. The Labute approximate surface area is 143 Å². The van der Waals surface area contributed by atoms with E-state index in [9.17, 15) is 4.79 Å². The predicted molar refractivity (Wildman–Crippen MR) is 94.7 cm³/mol. The molecule has 24 heavy (non-hydrogen) atoms. The number of fused-ring (bicyclic) bond motifs is 1. The van der Waals surface area contributed by atoms with Crippen molar-refractivity contribution in [1.29, 1.82) is 0 Å². The van der Waals surface area contributed by atoms with E-state index in [4.69, 9.17) is 0 Å². The molecule has 2 aromatic rings. The number of para-hydroxylation sites is 1. The summed E-state index contributed by atoms with van der Waals surface area (Å²) in [6.45, 7) is 5.50. The Morgan fingerprint density at radius 3 is 2.79 bits per heavy atom. The SMILES string of the molecule is CC(=O)N1CC2(CCN(Cc3ccccn3)C2)Cc2ccccc21. The molecule has 1 aromatic heterocycles. The van der Waals surface area contributed by atoms with Crippen LogP contribution in [0.1, 0.15) is 24.6 Å². The molecule has 4 rings (SSSR count). The molecule has 1 fully saturated rings. The third-order valence-corrected chi connectivity index (χ3v) is 5.35. The summed E-state index contributed by atoms with van der Waals surface area (Å²) < 4.78 is 0. The summed E-state index contributed by atoms with van der Waals surface area (Å²) in [6.07, 6.45) is 4.05. The topological polar surface area (TPSA) is 36.4 Å². The lowest BCUT2D eigenvalue weighted by atomic mass is 9.77. The largest absolute Gasteiger partial charge is 0.312 e. The number of carbonyl (C=O) groups excluding carboxylic acids is 1. The Bertz CT molecular complexity index is 746. The predicted octanol–water partition coefficient (Wildman–Crippen LogP) is 2.88. The Morgan fingerprint density at radius 1 is 1.17 bits per heavy atom. The molecule has 2 aliphatic heterocycles. The van der Waals surface area contributed by atoms with Gasteiger partial charge in [-0.25, -0.2) is 0 Å². The van der Waals surface area contributed by atoms with E-state index >= 15 is 0 Å². The van der Waals surface area contributed by atoms with Gasteiger partial charge in [0.15, 0.2) is 0 Å². The number of pyridine rings is 1. The van der Waals surface area contributed by atoms with Gasteiger partial charge < -0.3 is 4.90 Å². The van der Waals surface area contributed by atoms with Crippen LogP contribution in [-0.2, 0) is 17.8 Å². The lowest BCUT2D eigenvalue weighted by molar-refractivity contribution is -0.117. The molecule has 124 valence electrons. The molecule has 1 aromatic carbocycles. The minimum absolute atomic E-state index is 0.143. The van der Waals surface area contributed by atoms with Gasteiger partial charge in [0.1, 0.15) is 0 Å². The van der Waals surface area contributed by atoms with Gasteiger partial charge >= 0.3 is 0 Å². The maximum Gasteiger partial charge on any atom is 0.223 e. The van der Waals surface area contributed by atoms with Crippen molar-refractivity contribution < 1.29 is 4.79 Å². The fourth-order valence-corrected chi connectivity index (χ4v) is 4.24. The van der Waals surface area contributed by atoms with Crippen LogP contribution in [-0.4, -0.2) is 35.4 Å². The second-order valence-corrected chi connectivity index (χ2v) is 7.19. The van der Waals surface area contributed by atoms with Gasteiger partial charge in [0.05, 0.1) is 5.69 Å². The highest BCUT2D eigenvalue weighted by atomic mass is 16.2. The highest BCUT2D eigenvalue weighted by Crippen LogP contribution is 2.42. The van der Waals surface area contributed by atoms with Crippen LogP contribution in [0, 0.1) is 5.41 Å². The maximum absolute atomic E-state index is 12.2. The molecule has 2 aliphatic rings. The quantitative estimate of drug-likeness (QED) is 0.853. The normalized spacial score (nSPS) is 23.5. The van der Waals surface area contributed by atoms with Gasteiger partial charge in [0.25, 0.3) is 0 Å². The lowest BCUT2D eigenvalue weighted by Crippen LogP contribution is -2.47. The van der Waals surface area contributed by atoms with Crippen molar-refractivity contribution in [3.63, 3.8) is 0 Å². The standard InChI is InChI=1S/C20H23N3O/c1-16(24)23-15-20(12-17-6-2-3-8-19(17)23)9-11-22(14-20)13-18-7-4-5-10-21-18/h2-8,10H,9,11-15H2,1H3. The fourth-order valence-electron chi connectivity index (χ4n) is 4.24. The summed E-state index contributed by atoms with van der Waals surface area (Å²) in [5.41, 5.74) is 3.70. The number of carbonyl (C=O) groups is 1. The number of likely N-dealkylation sites (tertiary alicyclic amines) is 1. The van der Waals surface area contributed by atoms with Crippen molar-refractivity contribution in [3.05, 3.63) is 59.9 Å². The van der Waals surface area contributed by atoms with Crippen LogP contribution in [0.4, 0.5) is 5.69 Å². The number of anilines is 1. The molecule has 1 unspecified atom stereocenters. The smallest absolute Gasteiger partial charge is 0.223 e. The van der Waals surface area contributed by atoms with E-state index in [0.717, 1.165) is 50.4 Å². The first-order valence-electron chi connectivity index (χ1n) is 8.64. The molecule has 3 heterocycles. The van der Waals surface area contributed by atoms with Gasteiger partial charge in [-0.2, -0.15) is 0 Å². The van der Waals surface area contributed by atoms with Crippen molar-refractivity contribution in [2.24, 2.45) is 5.41 Å². The molecular formula is C20H23N3O. The van der Waals surface area contributed by atoms with Crippen LogP contribution in [0.3, 0.4) is 0 Å². The molecule has 0 aliphatic carbocycles. The lowest BCUT2D eigenvalue weighted by Gasteiger charge is -2.41. The number of hydrogen-bond donors (Lipinski definition) is 0. The third-order valence-electron chi connectivity index (χ3n) is 5.35. The number of hydrogen-bond acceptors (Lipinski definition) is 3. The van der Waals surface area contributed by atoms with Gasteiger partial charge in [0, 0.05) is 43.9 Å². The second kappa shape index (κ2) is 6.02. The molecule has 0 N–H and O–H groups in total. The molecule has 1 spiro atoms. The van der Waals surface area contributed by atoms with E-state index in [0.29, 0.717) is 0 Å². The summed E-state index contributed by atoms with van der Waals surface area (Å²) >= 11 is 0. The van der Waals surface area contributed by atoms with Crippen molar-refractivity contribution in [2.75, 3.05) is 24.5 Å². The molecule has 1 saturated heterocycles. The monoisotopic (exact) mass is 321 g/mol. The van der Waals surface area contributed by atoms with Crippen LogP contribution in [0.2, 0.25) is 0 Å². The molecule has 0 radical (unpaired) electrons. The average Bonchev–Trinajstić information content (AvgIpc) is 2.97. The number of benzene rings is 1. The van der Waals surface area contributed by atoms with Gasteiger partial charge in [0.2, 0.25) is 5.91 Å². The highest BCUT2D eigenvalue weighted by molar-refractivity contribution is 5.93. The average molecular weight is 321 g/mol. The molecule has 1 atom stereocenters. The van der Waals surface area contributed by atoms with Crippen LogP contribution in [0.15, 0.2) is 48.7 Å². The minimum atomic E-state index is 0.143. The zero-order valence-electron chi connectivity index (χ0n) is 14.1. The van der Waals surface area contributed by atoms with E-state index in [1.165, 1.54) is 5.56 Å². The molecular weight excluding hydrogens is 298 g/mol. The first-order chi connectivity index (χ1) is 11.7. The van der Waals surface area contributed by atoms with Gasteiger partial charge in [-0.15, -0.1) is 0 Å². The van der Waals surface area contributed by atoms with Gasteiger partial charge in [-0.05, 0) is 43.1 Å². The zero-order valence-corrected chi connectivity index (χ0v) is 14.1. The van der Waals surface area contributed by atoms with E-state index in [-0.39, 0.29) is 11.3 Å². The van der Waals surface area contributed by atoms with Crippen molar-refractivity contribution in [3.8, 4) is 0 Å². The summed E-state index contributed by atoms with van der Waals surface area (Å²) in [5, 5.41) is 0. The number of aromatic nitrogens is 1. The van der Waals surface area contributed by atoms with Gasteiger partial charge in [-0.1, -0.05) is 24.3 Å². The van der Waals surface area contributed by atoms with Crippen molar-refractivity contribution >= 4 is 11.6 Å². The highest BCUT2D eigenvalue weighted by Gasteiger charge is 2.43. The summed E-state index contributed by atoms with van der Waals surface area (Å²) in [6, 6.07) is 14.4. The molecule has 0 bridgehead atoms. The molecule has 4 nitrogen and oxygen atoms in total. The number of rotatable bonds is 2. The van der Waals surface area contributed by atoms with Crippen LogP contribution in [0.5, 0.6) is 0 Å². The Hall–Kier alpha value is -2.20. The maximum atomic E-state index is 12.2. The first-order valence-corrected chi connectivity index (χ1v) is 8.64. The first kappa shape index (κ1) is 15.3. The van der Waals surface area contributed by atoms with Crippen molar-refractivity contribution in [1.82, 2.24) is 9.88 Å². The Balaban J connectivity index is 1.55. The Morgan fingerprint density at radius 2 is 2.00 bits per heavy atom. The van der Waals surface area contributed by atoms with Crippen molar-refractivity contribution in [2.45, 2.75) is 26.3 Å². The zero-order chi connectivity index (χ0) is 16.6. The molecule has 1 amide bonds. The third kappa shape index (κ3) is 2.82. The summed E-state index contributed by atoms with van der Waals surface area (Å²) in [7, 11) is 0. The summed E-state index contributed by atoms with van der Waals surface area (Å²) in [4.78, 5) is 21.1. The van der Waals surface area contributed by atoms with E-state index in [2.05, 4.69) is 34.1 Å². The van der Waals surface area contributed by atoms with E-state index in [1.54, 1.807) is 6.92 Å². The van der Waals surface area contributed by atoms with Crippen LogP contribution in [0.25, 0.3) is 0 Å². The summed E-state index contributed by atoms with van der Waals surface area (Å²) in [5.74, 6) is 0.143. The minimum Gasteiger partial charge on any atom is -0.312 e. The van der Waals surface area contributed by atoms with E-state index in [1.807, 2.05) is 29.3 Å². The second-order valence-electron chi connectivity index (χ2n) is 7.19.